The average molecular weight is 224 g/mol. The van der Waals surface area contributed by atoms with Crippen LogP contribution in [-0.2, 0) is 4.79 Å². The van der Waals surface area contributed by atoms with Crippen molar-refractivity contribution in [3.8, 4) is 0 Å². The molecule has 0 spiro atoms. The quantitative estimate of drug-likeness (QED) is 0.773. The van der Waals surface area contributed by atoms with Gasteiger partial charge in [0, 0.05) is 19.5 Å². The summed E-state index contributed by atoms with van der Waals surface area (Å²) in [6, 6.07) is 0. The molecule has 1 N–H and O–H groups in total. The summed E-state index contributed by atoms with van der Waals surface area (Å²) >= 11 is 0. The molecule has 0 aromatic rings. The maximum absolute atomic E-state index is 11.9. The van der Waals surface area contributed by atoms with Crippen molar-refractivity contribution < 1.29 is 4.79 Å². The summed E-state index contributed by atoms with van der Waals surface area (Å²) < 4.78 is 0. The highest BCUT2D eigenvalue weighted by Crippen LogP contribution is 2.21. The van der Waals surface area contributed by atoms with Gasteiger partial charge in [0.05, 0.1) is 0 Å². The van der Waals surface area contributed by atoms with Crippen molar-refractivity contribution in [1.82, 2.24) is 10.2 Å². The summed E-state index contributed by atoms with van der Waals surface area (Å²) in [7, 11) is 0. The van der Waals surface area contributed by atoms with E-state index in [9.17, 15) is 4.79 Å². The zero-order valence-corrected chi connectivity index (χ0v) is 10.4. The van der Waals surface area contributed by atoms with Crippen molar-refractivity contribution in [2.45, 2.75) is 39.0 Å². The molecule has 3 nitrogen and oxygen atoms in total. The predicted octanol–water partition coefficient (Wildman–Crippen LogP) is 1.63. The number of carbonyl (C=O) groups is 1. The lowest BCUT2D eigenvalue weighted by molar-refractivity contribution is -0.131. The number of rotatable bonds is 2. The number of nitrogens with zero attached hydrogens (tertiary/aromatic N) is 1. The smallest absolute Gasteiger partial charge is 0.222 e. The molecule has 92 valence electrons. The molecule has 0 radical (unpaired) electrons. The molecule has 2 atom stereocenters. The Hall–Kier alpha value is -0.570. The lowest BCUT2D eigenvalue weighted by Crippen LogP contribution is -2.43. The van der Waals surface area contributed by atoms with Crippen molar-refractivity contribution in [1.29, 1.82) is 0 Å². The zero-order valence-electron chi connectivity index (χ0n) is 10.4. The van der Waals surface area contributed by atoms with Gasteiger partial charge in [-0.1, -0.05) is 13.3 Å². The normalized spacial score (nSPS) is 32.6. The van der Waals surface area contributed by atoms with E-state index in [4.69, 9.17) is 0 Å². The topological polar surface area (TPSA) is 32.3 Å². The van der Waals surface area contributed by atoms with Crippen LogP contribution < -0.4 is 5.32 Å². The van der Waals surface area contributed by atoms with E-state index in [0.29, 0.717) is 17.7 Å². The second-order valence-electron chi connectivity index (χ2n) is 5.38. The first-order valence-electron chi connectivity index (χ1n) is 6.76. The highest BCUT2D eigenvalue weighted by molar-refractivity contribution is 5.76. The maximum atomic E-state index is 11.9. The molecule has 2 aliphatic rings. The van der Waals surface area contributed by atoms with Gasteiger partial charge in [-0.25, -0.2) is 0 Å². The first kappa shape index (κ1) is 11.9. The molecule has 1 amide bonds. The highest BCUT2D eigenvalue weighted by atomic mass is 16.2. The van der Waals surface area contributed by atoms with E-state index < -0.39 is 0 Å². The van der Waals surface area contributed by atoms with Gasteiger partial charge in [-0.3, -0.25) is 4.79 Å². The molecular formula is C13H24N2O. The zero-order chi connectivity index (χ0) is 11.4. The minimum absolute atomic E-state index is 0.392. The maximum Gasteiger partial charge on any atom is 0.222 e. The Labute approximate surface area is 98.6 Å². The number of hydrogen-bond donors (Lipinski definition) is 1. The molecule has 2 fully saturated rings. The fourth-order valence-corrected chi connectivity index (χ4v) is 2.85. The fourth-order valence-electron chi connectivity index (χ4n) is 2.85. The molecule has 0 aromatic carbocycles. The van der Waals surface area contributed by atoms with Crippen LogP contribution in [0.3, 0.4) is 0 Å². The molecule has 0 aromatic heterocycles. The molecule has 0 aliphatic carbocycles. The standard InChI is InChI=1S/C13H24N2O/c1-11-9-14-7-6-12(11)10-15-8-4-2-3-5-13(15)16/h11-12,14H,2-10H2,1H3. The second kappa shape index (κ2) is 5.67. The third-order valence-electron chi connectivity index (χ3n) is 4.09. The average Bonchev–Trinajstić information content (AvgIpc) is 2.48. The summed E-state index contributed by atoms with van der Waals surface area (Å²) in [5.74, 6) is 1.82. The molecule has 0 bridgehead atoms. The van der Waals surface area contributed by atoms with Crippen LogP contribution in [-0.4, -0.2) is 37.0 Å². The van der Waals surface area contributed by atoms with Crippen molar-refractivity contribution in [2.75, 3.05) is 26.2 Å². The van der Waals surface area contributed by atoms with E-state index in [1.54, 1.807) is 0 Å². The van der Waals surface area contributed by atoms with Gasteiger partial charge in [-0.15, -0.1) is 0 Å². The third-order valence-corrected chi connectivity index (χ3v) is 4.09. The van der Waals surface area contributed by atoms with Crippen LogP contribution in [0, 0.1) is 11.8 Å². The third kappa shape index (κ3) is 2.97. The molecular weight excluding hydrogens is 200 g/mol. The van der Waals surface area contributed by atoms with Crippen LogP contribution in [0.15, 0.2) is 0 Å². The van der Waals surface area contributed by atoms with Crippen molar-refractivity contribution in [3.05, 3.63) is 0 Å². The first-order valence-corrected chi connectivity index (χ1v) is 6.76. The van der Waals surface area contributed by atoms with Crippen LogP contribution in [0.1, 0.15) is 39.0 Å². The number of hydrogen-bond acceptors (Lipinski definition) is 2. The minimum atomic E-state index is 0.392. The Morgan fingerprint density at radius 2 is 2.25 bits per heavy atom. The molecule has 2 rings (SSSR count). The van der Waals surface area contributed by atoms with Crippen molar-refractivity contribution >= 4 is 5.91 Å². The van der Waals surface area contributed by atoms with Gasteiger partial charge in [-0.2, -0.15) is 0 Å². The lowest BCUT2D eigenvalue weighted by Gasteiger charge is -2.34. The van der Waals surface area contributed by atoms with E-state index in [-0.39, 0.29) is 0 Å². The molecule has 2 unspecified atom stereocenters. The number of amides is 1. The van der Waals surface area contributed by atoms with E-state index in [1.165, 1.54) is 19.3 Å². The van der Waals surface area contributed by atoms with Gasteiger partial charge >= 0.3 is 0 Å². The van der Waals surface area contributed by atoms with Gasteiger partial charge in [0.1, 0.15) is 0 Å². The van der Waals surface area contributed by atoms with E-state index in [2.05, 4.69) is 17.1 Å². The Morgan fingerprint density at radius 1 is 1.38 bits per heavy atom. The Balaban J connectivity index is 1.88. The highest BCUT2D eigenvalue weighted by Gasteiger charge is 2.25. The van der Waals surface area contributed by atoms with Crippen LogP contribution in [0.2, 0.25) is 0 Å². The number of likely N-dealkylation sites (tertiary alicyclic amines) is 1. The summed E-state index contributed by atoms with van der Waals surface area (Å²) in [6.07, 6.45) is 5.52. The largest absolute Gasteiger partial charge is 0.342 e. The van der Waals surface area contributed by atoms with E-state index in [1.807, 2.05) is 0 Å². The van der Waals surface area contributed by atoms with Crippen LogP contribution >= 0.6 is 0 Å². The molecule has 2 heterocycles. The summed E-state index contributed by atoms with van der Waals surface area (Å²) in [5, 5.41) is 3.42. The van der Waals surface area contributed by atoms with Crippen LogP contribution in [0.5, 0.6) is 0 Å². The Bertz CT molecular complexity index is 242. The monoisotopic (exact) mass is 224 g/mol. The van der Waals surface area contributed by atoms with E-state index >= 15 is 0 Å². The number of piperidine rings is 1. The molecule has 16 heavy (non-hydrogen) atoms. The second-order valence-corrected chi connectivity index (χ2v) is 5.38. The van der Waals surface area contributed by atoms with Gasteiger partial charge in [-0.05, 0) is 44.2 Å². The van der Waals surface area contributed by atoms with Crippen LogP contribution in [0.25, 0.3) is 0 Å². The Morgan fingerprint density at radius 3 is 3.06 bits per heavy atom. The first-order chi connectivity index (χ1) is 7.77. The van der Waals surface area contributed by atoms with Gasteiger partial charge < -0.3 is 10.2 Å². The SMILES string of the molecule is CC1CNCCC1CN1CCCCCC1=O. The van der Waals surface area contributed by atoms with Gasteiger partial charge in [0.25, 0.3) is 0 Å². The van der Waals surface area contributed by atoms with Crippen LogP contribution in [0.4, 0.5) is 0 Å². The predicted molar refractivity (Wildman–Crippen MR) is 65.2 cm³/mol. The summed E-state index contributed by atoms with van der Waals surface area (Å²) in [6.45, 7) is 6.54. The molecule has 2 saturated heterocycles. The van der Waals surface area contributed by atoms with E-state index in [0.717, 1.165) is 39.0 Å². The molecule has 0 saturated carbocycles. The lowest BCUT2D eigenvalue weighted by atomic mass is 9.87. The van der Waals surface area contributed by atoms with Crippen molar-refractivity contribution in [2.24, 2.45) is 11.8 Å². The van der Waals surface area contributed by atoms with Crippen molar-refractivity contribution in [3.63, 3.8) is 0 Å². The number of nitrogens with one attached hydrogen (secondary N) is 1. The molecule has 2 aliphatic heterocycles. The Kier molecular flexibility index (Phi) is 4.22. The van der Waals surface area contributed by atoms with Gasteiger partial charge in [0.2, 0.25) is 5.91 Å². The summed E-state index contributed by atoms with van der Waals surface area (Å²) in [5.41, 5.74) is 0. The fraction of sp³-hybridized carbons (Fsp3) is 0.923. The molecule has 3 heteroatoms. The van der Waals surface area contributed by atoms with Gasteiger partial charge in [0.15, 0.2) is 0 Å². The number of carbonyl (C=O) groups excluding carboxylic acids is 1. The summed E-state index contributed by atoms with van der Waals surface area (Å²) in [4.78, 5) is 14.0. The minimum Gasteiger partial charge on any atom is -0.342 e.